The Morgan fingerprint density at radius 1 is 1.34 bits per heavy atom. The molecule has 0 spiro atoms. The van der Waals surface area contributed by atoms with Gasteiger partial charge in [-0.1, -0.05) is 0 Å². The number of likely N-dealkylation sites (N-methyl/N-ethyl adjacent to an activating group) is 1. The number of pyridine rings is 1. The van der Waals surface area contributed by atoms with Crippen molar-refractivity contribution in [2.24, 2.45) is 4.99 Å². The summed E-state index contributed by atoms with van der Waals surface area (Å²) in [5.74, 6) is 1.12. The molecule has 0 aromatic carbocycles. The van der Waals surface area contributed by atoms with E-state index in [-0.39, 0.29) is 0 Å². The Morgan fingerprint density at radius 2 is 2.09 bits per heavy atom. The van der Waals surface area contributed by atoms with E-state index in [4.69, 9.17) is 9.68 Å². The molecule has 8 nitrogen and oxygen atoms in total. The highest BCUT2D eigenvalue weighted by atomic mass is 79.9. The van der Waals surface area contributed by atoms with Gasteiger partial charge < -0.3 is 15.1 Å². The van der Waals surface area contributed by atoms with Crippen LogP contribution < -0.4 is 10.6 Å². The number of hydrogen-bond acceptors (Lipinski definition) is 8. The number of rotatable bonds is 7. The van der Waals surface area contributed by atoms with Crippen molar-refractivity contribution < 1.29 is 4.42 Å². The quantitative estimate of drug-likeness (QED) is 0.562. The lowest BCUT2D eigenvalue weighted by molar-refractivity contribution is 0.0812. The third kappa shape index (κ3) is 5.14. The van der Waals surface area contributed by atoms with E-state index < -0.39 is 0 Å². The van der Waals surface area contributed by atoms with Gasteiger partial charge >= 0.3 is 0 Å². The highest BCUT2D eigenvalue weighted by Gasteiger charge is 2.29. The molecule has 0 bridgehead atoms. The Bertz CT molecular complexity index is 1010. The third-order valence-corrected chi connectivity index (χ3v) is 7.35. The average molecular weight is 500 g/mol. The number of furan rings is 1. The molecule has 0 amide bonds. The predicted molar refractivity (Wildman–Crippen MR) is 131 cm³/mol. The molecule has 2 aliphatic rings. The van der Waals surface area contributed by atoms with Crippen LogP contribution in [0, 0.1) is 11.3 Å². The minimum atomic E-state index is 0.302. The lowest BCUT2D eigenvalue weighted by Gasteiger charge is -2.42. The number of nitrogens with one attached hydrogen (secondary N) is 2. The molecule has 32 heavy (non-hydrogen) atoms. The van der Waals surface area contributed by atoms with Gasteiger partial charge in [0.2, 0.25) is 5.76 Å². The van der Waals surface area contributed by atoms with Crippen LogP contribution in [0.15, 0.2) is 38.0 Å². The first-order valence-electron chi connectivity index (χ1n) is 11.1. The van der Waals surface area contributed by atoms with E-state index >= 15 is 0 Å². The Morgan fingerprint density at radius 3 is 2.75 bits per heavy atom. The zero-order valence-electron chi connectivity index (χ0n) is 18.5. The van der Waals surface area contributed by atoms with Gasteiger partial charge in [-0.3, -0.25) is 14.8 Å². The standard InChI is InChI=1S/C23H30BrN7O/c1-26-13-17(27-2)15-30-7-9-31(10-8-30)18-5-3-16(4-6-18)29-23-22(24)20-11-19(12-25)32-21(20)14-28-23/h11,13-14,16,18,27H,1,3-10,15H2,2H3,(H,28,29)/b17-13-. The highest BCUT2D eigenvalue weighted by Crippen LogP contribution is 2.33. The Labute approximate surface area is 197 Å². The molecule has 2 aromatic rings. The van der Waals surface area contributed by atoms with Gasteiger partial charge in [0, 0.05) is 75.2 Å². The summed E-state index contributed by atoms with van der Waals surface area (Å²) in [5.41, 5.74) is 1.73. The number of aromatic nitrogens is 1. The van der Waals surface area contributed by atoms with Crippen molar-refractivity contribution >= 4 is 39.4 Å². The fourth-order valence-electron chi connectivity index (χ4n) is 4.74. The maximum Gasteiger partial charge on any atom is 0.204 e. The van der Waals surface area contributed by atoms with E-state index in [0.717, 1.165) is 66.9 Å². The van der Waals surface area contributed by atoms with Crippen LogP contribution in [0.25, 0.3) is 11.0 Å². The normalized spacial score (nSPS) is 23.1. The first kappa shape index (κ1) is 22.8. The summed E-state index contributed by atoms with van der Waals surface area (Å²) in [6.07, 6.45) is 8.15. The van der Waals surface area contributed by atoms with Gasteiger partial charge in [-0.15, -0.1) is 0 Å². The van der Waals surface area contributed by atoms with Gasteiger partial charge in [0.25, 0.3) is 0 Å². The molecule has 2 N–H and O–H groups in total. The number of aliphatic imine (C=N–C) groups is 1. The summed E-state index contributed by atoms with van der Waals surface area (Å²) < 4.78 is 6.33. The van der Waals surface area contributed by atoms with Gasteiger partial charge in [0.05, 0.1) is 10.7 Å². The lowest BCUT2D eigenvalue weighted by Crippen LogP contribution is -2.52. The predicted octanol–water partition coefficient (Wildman–Crippen LogP) is 3.56. The van der Waals surface area contributed by atoms with E-state index in [1.54, 1.807) is 18.5 Å². The SMILES string of the molecule is C=N/C=C(/CN1CCN(C2CCC(Nc3ncc4oc(C#N)cc4c3Br)CC2)CC1)NC. The third-order valence-electron chi connectivity index (χ3n) is 6.55. The van der Waals surface area contributed by atoms with Crippen LogP contribution in [0.4, 0.5) is 5.82 Å². The van der Waals surface area contributed by atoms with Crippen molar-refractivity contribution in [3.8, 4) is 6.07 Å². The van der Waals surface area contributed by atoms with Crippen LogP contribution in [0.5, 0.6) is 0 Å². The minimum absolute atomic E-state index is 0.302. The molecule has 2 fully saturated rings. The Hall–Kier alpha value is -2.41. The van der Waals surface area contributed by atoms with E-state index in [9.17, 15) is 0 Å². The van der Waals surface area contributed by atoms with E-state index in [0.29, 0.717) is 23.4 Å². The van der Waals surface area contributed by atoms with Crippen molar-refractivity contribution in [3.05, 3.63) is 34.4 Å². The van der Waals surface area contributed by atoms with Crippen molar-refractivity contribution in [1.82, 2.24) is 20.1 Å². The number of hydrogen-bond donors (Lipinski definition) is 2. The summed E-state index contributed by atoms with van der Waals surface area (Å²) >= 11 is 3.64. The highest BCUT2D eigenvalue weighted by molar-refractivity contribution is 9.10. The van der Waals surface area contributed by atoms with Gasteiger partial charge in [-0.2, -0.15) is 5.26 Å². The number of halogens is 1. The van der Waals surface area contributed by atoms with Crippen molar-refractivity contribution in [1.29, 1.82) is 5.26 Å². The first-order chi connectivity index (χ1) is 15.6. The second-order valence-electron chi connectivity index (χ2n) is 8.47. The molecule has 2 aromatic heterocycles. The fraction of sp³-hybridized carbons (Fsp3) is 0.522. The molecule has 0 radical (unpaired) electrons. The second-order valence-corrected chi connectivity index (χ2v) is 9.26. The van der Waals surface area contributed by atoms with Crippen LogP contribution in [0.1, 0.15) is 31.4 Å². The maximum atomic E-state index is 9.07. The summed E-state index contributed by atoms with van der Waals surface area (Å²) in [5, 5.41) is 16.8. The van der Waals surface area contributed by atoms with Gasteiger partial charge in [-0.05, 0) is 48.3 Å². The zero-order chi connectivity index (χ0) is 22.5. The molecule has 0 atom stereocenters. The number of piperazine rings is 1. The number of nitriles is 1. The van der Waals surface area contributed by atoms with Gasteiger partial charge in [0.1, 0.15) is 11.9 Å². The largest absolute Gasteiger partial charge is 0.444 e. The van der Waals surface area contributed by atoms with Crippen molar-refractivity contribution in [3.63, 3.8) is 0 Å². The molecular weight excluding hydrogens is 470 g/mol. The van der Waals surface area contributed by atoms with Crippen LogP contribution in [-0.4, -0.2) is 73.4 Å². The Kier molecular flexibility index (Phi) is 7.45. The Balaban J connectivity index is 1.27. The summed E-state index contributed by atoms with van der Waals surface area (Å²) in [6.45, 7) is 8.85. The number of fused-ring (bicyclic) bond motifs is 1. The van der Waals surface area contributed by atoms with E-state index in [1.807, 2.05) is 13.1 Å². The van der Waals surface area contributed by atoms with Crippen LogP contribution >= 0.6 is 15.9 Å². The van der Waals surface area contributed by atoms with E-state index in [2.05, 4.69) is 53.1 Å². The number of nitrogens with zero attached hydrogens (tertiary/aromatic N) is 5. The molecule has 3 heterocycles. The van der Waals surface area contributed by atoms with Crippen LogP contribution in [0.3, 0.4) is 0 Å². The topological polar surface area (TPSA) is 92.7 Å². The van der Waals surface area contributed by atoms with Gasteiger partial charge in [-0.25, -0.2) is 4.98 Å². The average Bonchev–Trinajstić information content (AvgIpc) is 3.26. The molecule has 1 saturated heterocycles. The maximum absolute atomic E-state index is 9.07. The zero-order valence-corrected chi connectivity index (χ0v) is 20.1. The summed E-state index contributed by atoms with van der Waals surface area (Å²) in [7, 11) is 1.94. The van der Waals surface area contributed by atoms with Crippen molar-refractivity contribution in [2.75, 3.05) is 45.1 Å². The molecule has 4 rings (SSSR count). The number of anilines is 1. The fourth-order valence-corrected chi connectivity index (χ4v) is 5.26. The molecule has 170 valence electrons. The molecule has 1 saturated carbocycles. The van der Waals surface area contributed by atoms with Crippen molar-refractivity contribution in [2.45, 2.75) is 37.8 Å². The molecule has 9 heteroatoms. The first-order valence-corrected chi connectivity index (χ1v) is 11.9. The molecule has 1 aliphatic carbocycles. The summed E-state index contributed by atoms with van der Waals surface area (Å²) in [4.78, 5) is 13.5. The molecular formula is C23H30BrN7O. The monoisotopic (exact) mass is 499 g/mol. The van der Waals surface area contributed by atoms with E-state index in [1.165, 1.54) is 12.8 Å². The van der Waals surface area contributed by atoms with Gasteiger partial charge in [0.15, 0.2) is 5.58 Å². The molecule has 0 unspecified atom stereocenters. The lowest BCUT2D eigenvalue weighted by atomic mass is 9.89. The van der Waals surface area contributed by atoms with Crippen LogP contribution in [-0.2, 0) is 0 Å². The smallest absolute Gasteiger partial charge is 0.204 e. The summed E-state index contributed by atoms with van der Waals surface area (Å²) in [6, 6.07) is 4.87. The second kappa shape index (κ2) is 10.5. The minimum Gasteiger partial charge on any atom is -0.444 e. The molecule has 1 aliphatic heterocycles. The van der Waals surface area contributed by atoms with Crippen LogP contribution in [0.2, 0.25) is 0 Å².